The minimum atomic E-state index is -0.686. The van der Waals surface area contributed by atoms with Gasteiger partial charge in [-0.3, -0.25) is 10.0 Å². The van der Waals surface area contributed by atoms with Crippen molar-refractivity contribution in [2.24, 2.45) is 0 Å². The Morgan fingerprint density at radius 3 is 2.44 bits per heavy atom. The van der Waals surface area contributed by atoms with Gasteiger partial charge in [-0.15, -0.1) is 0 Å². The summed E-state index contributed by atoms with van der Waals surface area (Å²) in [5, 5.41) is 42.2. The van der Waals surface area contributed by atoms with Crippen LogP contribution < -0.4 is 15.7 Å². The van der Waals surface area contributed by atoms with E-state index in [1.54, 1.807) is 42.0 Å². The number of rotatable bonds is 8. The van der Waals surface area contributed by atoms with E-state index in [2.05, 4.69) is 32.2 Å². The molecule has 1 aliphatic heterocycles. The SMILES string of the molecule is N#Cc1ccc(-c2c(-c3ccc(Br)c(O)c3)cnc(N3CCC(NCc4ccc(/C=C/C(=O)NO)cc4)CC3)c2C#N)cc1F. The van der Waals surface area contributed by atoms with Crippen LogP contribution in [0, 0.1) is 28.5 Å². The van der Waals surface area contributed by atoms with Crippen molar-refractivity contribution >= 4 is 33.7 Å². The highest BCUT2D eigenvalue weighted by atomic mass is 79.9. The third-order valence-electron chi connectivity index (χ3n) is 7.71. The molecule has 0 atom stereocenters. The molecule has 0 unspecified atom stereocenters. The fraction of sp³-hybridized carbons (Fsp3) is 0.176. The van der Waals surface area contributed by atoms with E-state index in [-0.39, 0.29) is 22.9 Å². The van der Waals surface area contributed by atoms with Crippen molar-refractivity contribution in [3.8, 4) is 40.1 Å². The number of nitrogens with one attached hydrogen (secondary N) is 2. The number of carbonyl (C=O) groups is 1. The van der Waals surface area contributed by atoms with Gasteiger partial charge in [0.2, 0.25) is 0 Å². The number of aromatic nitrogens is 1. The van der Waals surface area contributed by atoms with Gasteiger partial charge < -0.3 is 15.3 Å². The molecular weight excluding hydrogens is 639 g/mol. The standard InChI is InChI=1S/C34H28BrFN6O3/c35-29-9-8-23(16-31(29)43)28-20-40-34(27(18-38)33(28)24-6-7-25(17-37)30(36)15-24)42-13-11-26(12-14-42)39-19-22-3-1-21(2-4-22)5-10-32(44)41-45/h1-10,15-16,20,26,39,43,45H,11-14,19H2,(H,41,44)/b10-5+. The van der Waals surface area contributed by atoms with Crippen molar-refractivity contribution in [2.75, 3.05) is 18.0 Å². The van der Waals surface area contributed by atoms with Crippen LogP contribution in [-0.4, -0.2) is 40.3 Å². The summed E-state index contributed by atoms with van der Waals surface area (Å²) in [6, 6.07) is 21.4. The number of hydrogen-bond donors (Lipinski definition) is 4. The second-order valence-corrected chi connectivity index (χ2v) is 11.4. The average Bonchev–Trinajstić information content (AvgIpc) is 3.07. The average molecular weight is 668 g/mol. The zero-order valence-corrected chi connectivity index (χ0v) is 25.6. The van der Waals surface area contributed by atoms with Crippen LogP contribution in [0.2, 0.25) is 0 Å². The van der Waals surface area contributed by atoms with Gasteiger partial charge in [0.1, 0.15) is 35.1 Å². The molecule has 2 heterocycles. The van der Waals surface area contributed by atoms with E-state index >= 15 is 0 Å². The quantitative estimate of drug-likeness (QED) is 0.101. The molecule has 5 rings (SSSR count). The molecule has 1 amide bonds. The van der Waals surface area contributed by atoms with Gasteiger partial charge in [-0.05, 0) is 81.4 Å². The molecule has 1 aliphatic rings. The van der Waals surface area contributed by atoms with Gasteiger partial charge in [-0.1, -0.05) is 36.4 Å². The Morgan fingerprint density at radius 1 is 1.07 bits per heavy atom. The summed E-state index contributed by atoms with van der Waals surface area (Å²) in [6.07, 6.45) is 6.13. The Labute approximate surface area is 268 Å². The number of hydroxylamine groups is 1. The number of pyridine rings is 1. The van der Waals surface area contributed by atoms with Gasteiger partial charge in [0.05, 0.1) is 10.0 Å². The first kappa shape index (κ1) is 31.4. The van der Waals surface area contributed by atoms with Crippen molar-refractivity contribution in [3.63, 3.8) is 0 Å². The van der Waals surface area contributed by atoms with E-state index in [9.17, 15) is 24.8 Å². The topological polar surface area (TPSA) is 145 Å². The van der Waals surface area contributed by atoms with E-state index < -0.39 is 11.7 Å². The van der Waals surface area contributed by atoms with Crippen molar-refractivity contribution < 1.29 is 19.5 Å². The van der Waals surface area contributed by atoms with Crippen molar-refractivity contribution in [3.05, 3.63) is 105 Å². The molecule has 226 valence electrons. The van der Waals surface area contributed by atoms with Gasteiger partial charge in [-0.2, -0.15) is 10.5 Å². The molecule has 0 saturated carbocycles. The van der Waals surface area contributed by atoms with Gasteiger partial charge >= 0.3 is 0 Å². The third kappa shape index (κ3) is 7.19. The summed E-state index contributed by atoms with van der Waals surface area (Å²) in [4.78, 5) is 17.9. The summed E-state index contributed by atoms with van der Waals surface area (Å²) < 4.78 is 15.3. The number of anilines is 1. The van der Waals surface area contributed by atoms with E-state index in [0.29, 0.717) is 52.2 Å². The van der Waals surface area contributed by atoms with E-state index in [0.717, 1.165) is 24.0 Å². The summed E-state index contributed by atoms with van der Waals surface area (Å²) >= 11 is 3.30. The number of hydrogen-bond acceptors (Lipinski definition) is 8. The Morgan fingerprint density at radius 2 is 1.80 bits per heavy atom. The van der Waals surface area contributed by atoms with Crippen molar-refractivity contribution in [2.45, 2.75) is 25.4 Å². The molecule has 1 saturated heterocycles. The highest BCUT2D eigenvalue weighted by molar-refractivity contribution is 9.10. The number of nitriles is 2. The van der Waals surface area contributed by atoms with Gasteiger partial charge in [0.25, 0.3) is 5.91 Å². The lowest BCUT2D eigenvalue weighted by molar-refractivity contribution is -0.124. The summed E-state index contributed by atoms with van der Waals surface area (Å²) in [6.45, 7) is 1.96. The molecule has 1 aromatic heterocycles. The highest BCUT2D eigenvalue weighted by Crippen LogP contribution is 2.41. The van der Waals surface area contributed by atoms with Crippen LogP contribution in [0.5, 0.6) is 5.75 Å². The lowest BCUT2D eigenvalue weighted by Gasteiger charge is -2.34. The Kier molecular flexibility index (Phi) is 9.86. The molecular formula is C34H28BrFN6O3. The van der Waals surface area contributed by atoms with Crippen molar-refractivity contribution in [1.82, 2.24) is 15.8 Å². The molecule has 0 aliphatic carbocycles. The number of phenols is 1. The molecule has 4 aromatic rings. The van der Waals surface area contributed by atoms with Crippen LogP contribution in [0.15, 0.2) is 77.4 Å². The lowest BCUT2D eigenvalue weighted by Crippen LogP contribution is -2.42. The molecule has 0 radical (unpaired) electrons. The second kappa shape index (κ2) is 14.1. The van der Waals surface area contributed by atoms with Gasteiger partial charge in [0, 0.05) is 49.1 Å². The predicted molar refractivity (Wildman–Crippen MR) is 171 cm³/mol. The predicted octanol–water partition coefficient (Wildman–Crippen LogP) is 6.04. The van der Waals surface area contributed by atoms with E-state index in [1.165, 1.54) is 18.2 Å². The first-order chi connectivity index (χ1) is 21.8. The largest absolute Gasteiger partial charge is 0.507 e. The first-order valence-electron chi connectivity index (χ1n) is 14.1. The lowest BCUT2D eigenvalue weighted by atomic mass is 9.91. The molecule has 4 N–H and O–H groups in total. The van der Waals surface area contributed by atoms with E-state index in [4.69, 9.17) is 10.2 Å². The molecule has 0 spiro atoms. The third-order valence-corrected chi connectivity index (χ3v) is 8.38. The number of piperidine rings is 1. The van der Waals surface area contributed by atoms with Crippen LogP contribution >= 0.6 is 15.9 Å². The second-order valence-electron chi connectivity index (χ2n) is 10.5. The molecule has 0 bridgehead atoms. The number of benzene rings is 3. The van der Waals surface area contributed by atoms with E-state index in [1.807, 2.05) is 30.3 Å². The number of aromatic hydroxyl groups is 1. The maximum Gasteiger partial charge on any atom is 0.267 e. The minimum absolute atomic E-state index is 0.0153. The van der Waals surface area contributed by atoms with Crippen LogP contribution in [0.1, 0.15) is 35.1 Å². The molecule has 9 nitrogen and oxygen atoms in total. The maximum atomic E-state index is 14.8. The highest BCUT2D eigenvalue weighted by Gasteiger charge is 2.26. The van der Waals surface area contributed by atoms with Crippen LogP contribution in [0.25, 0.3) is 28.3 Å². The van der Waals surface area contributed by atoms with Crippen LogP contribution in [0.3, 0.4) is 0 Å². The maximum absolute atomic E-state index is 14.8. The minimum Gasteiger partial charge on any atom is -0.507 e. The Bertz CT molecular complexity index is 1840. The number of nitrogens with zero attached hydrogens (tertiary/aromatic N) is 4. The van der Waals surface area contributed by atoms with Crippen LogP contribution in [-0.2, 0) is 11.3 Å². The Hall–Kier alpha value is -5.07. The van der Waals surface area contributed by atoms with Crippen LogP contribution in [0.4, 0.5) is 10.2 Å². The summed E-state index contributed by atoms with van der Waals surface area (Å²) in [5.74, 6) is -0.765. The number of halogens is 2. The summed E-state index contributed by atoms with van der Waals surface area (Å²) in [7, 11) is 0. The zero-order valence-electron chi connectivity index (χ0n) is 24.0. The molecule has 3 aromatic carbocycles. The van der Waals surface area contributed by atoms with Gasteiger partial charge in [-0.25, -0.2) is 14.9 Å². The van der Waals surface area contributed by atoms with Crippen molar-refractivity contribution in [1.29, 1.82) is 10.5 Å². The number of amides is 1. The Balaban J connectivity index is 1.36. The summed E-state index contributed by atoms with van der Waals surface area (Å²) in [5.41, 5.74) is 5.74. The number of phenolic OH excluding ortho intramolecular Hbond substituents is 1. The number of carbonyl (C=O) groups excluding carboxylic acids is 1. The fourth-order valence-corrected chi connectivity index (χ4v) is 5.57. The first-order valence-corrected chi connectivity index (χ1v) is 14.9. The fourth-order valence-electron chi connectivity index (χ4n) is 5.32. The monoisotopic (exact) mass is 666 g/mol. The smallest absolute Gasteiger partial charge is 0.267 e. The van der Waals surface area contributed by atoms with Gasteiger partial charge in [0.15, 0.2) is 0 Å². The molecule has 45 heavy (non-hydrogen) atoms. The molecule has 1 fully saturated rings. The molecule has 11 heteroatoms. The normalized spacial score (nSPS) is 13.4. The zero-order chi connectivity index (χ0) is 31.9.